The number of aromatic amines is 1. The van der Waals surface area contributed by atoms with Gasteiger partial charge in [0, 0.05) is 11.5 Å². The van der Waals surface area contributed by atoms with E-state index in [4.69, 9.17) is 5.73 Å². The fourth-order valence-electron chi connectivity index (χ4n) is 2.18. The van der Waals surface area contributed by atoms with Crippen LogP contribution in [-0.2, 0) is 5.41 Å². The topological polar surface area (TPSA) is 74.9 Å². The first-order valence-corrected chi connectivity index (χ1v) is 5.76. The highest BCUT2D eigenvalue weighted by Gasteiger charge is 2.43. The minimum Gasteiger partial charge on any atom is -0.395 e. The molecule has 0 spiro atoms. The fourth-order valence-corrected chi connectivity index (χ4v) is 2.18. The summed E-state index contributed by atoms with van der Waals surface area (Å²) in [6.07, 6.45) is 2.17. The molecule has 1 heterocycles. The third-order valence-electron chi connectivity index (χ3n) is 3.56. The zero-order chi connectivity index (χ0) is 11.9. The van der Waals surface area contributed by atoms with Crippen molar-refractivity contribution >= 4 is 5.82 Å². The van der Waals surface area contributed by atoms with Gasteiger partial charge in [0.05, 0.1) is 12.3 Å². The van der Waals surface area contributed by atoms with Crippen LogP contribution in [0, 0.1) is 0 Å². The van der Waals surface area contributed by atoms with Gasteiger partial charge in [0.2, 0.25) is 0 Å². The molecule has 4 N–H and O–H groups in total. The second kappa shape index (κ2) is 3.60. The maximum absolute atomic E-state index is 9.37. The van der Waals surface area contributed by atoms with Gasteiger partial charge in [-0.25, -0.2) is 0 Å². The molecule has 1 aromatic carbocycles. The number of benzene rings is 1. The number of anilines is 1. The van der Waals surface area contributed by atoms with Crippen LogP contribution < -0.4 is 5.73 Å². The Morgan fingerprint density at radius 2 is 2.00 bits per heavy atom. The Hall–Kier alpha value is -1.81. The Morgan fingerprint density at radius 3 is 2.47 bits per heavy atom. The Labute approximate surface area is 99.5 Å². The van der Waals surface area contributed by atoms with Crippen LogP contribution in [0.2, 0.25) is 0 Å². The van der Waals surface area contributed by atoms with Gasteiger partial charge in [0.1, 0.15) is 5.82 Å². The summed E-state index contributed by atoms with van der Waals surface area (Å²) >= 11 is 0. The van der Waals surface area contributed by atoms with Gasteiger partial charge in [-0.05, 0) is 24.0 Å². The van der Waals surface area contributed by atoms with Gasteiger partial charge >= 0.3 is 0 Å². The van der Waals surface area contributed by atoms with Crippen LogP contribution in [0.25, 0.3) is 11.3 Å². The van der Waals surface area contributed by atoms with Crippen LogP contribution in [0.5, 0.6) is 0 Å². The average molecular weight is 229 g/mol. The lowest BCUT2D eigenvalue weighted by Crippen LogP contribution is -2.11. The Bertz CT molecular complexity index is 526. The quantitative estimate of drug-likeness (QED) is 0.749. The molecule has 1 saturated carbocycles. The molecule has 1 fully saturated rings. The third kappa shape index (κ3) is 1.70. The first kappa shape index (κ1) is 10.4. The second-order valence-electron chi connectivity index (χ2n) is 4.72. The highest BCUT2D eigenvalue weighted by Crippen LogP contribution is 2.47. The van der Waals surface area contributed by atoms with E-state index in [9.17, 15) is 5.11 Å². The number of nitrogens with zero attached hydrogens (tertiary/aromatic N) is 1. The normalized spacial score (nSPS) is 17.0. The van der Waals surface area contributed by atoms with Crippen molar-refractivity contribution < 1.29 is 5.11 Å². The van der Waals surface area contributed by atoms with Crippen molar-refractivity contribution in [1.82, 2.24) is 10.2 Å². The van der Waals surface area contributed by atoms with Crippen molar-refractivity contribution in [3.8, 4) is 11.3 Å². The van der Waals surface area contributed by atoms with E-state index < -0.39 is 0 Å². The van der Waals surface area contributed by atoms with Gasteiger partial charge in [0.15, 0.2) is 0 Å². The van der Waals surface area contributed by atoms with Crippen molar-refractivity contribution in [2.24, 2.45) is 0 Å². The number of hydrogen-bond acceptors (Lipinski definition) is 3. The predicted octanol–water partition coefficient (Wildman–Crippen LogP) is 1.68. The van der Waals surface area contributed by atoms with E-state index in [0.29, 0.717) is 5.82 Å². The van der Waals surface area contributed by atoms with Crippen LogP contribution in [0.4, 0.5) is 5.82 Å². The summed E-state index contributed by atoms with van der Waals surface area (Å²) in [5.74, 6) is 0.498. The van der Waals surface area contributed by atoms with Crippen molar-refractivity contribution in [3.05, 3.63) is 35.9 Å². The first-order valence-electron chi connectivity index (χ1n) is 5.76. The lowest BCUT2D eigenvalue weighted by Gasteiger charge is -2.12. The summed E-state index contributed by atoms with van der Waals surface area (Å²) < 4.78 is 0. The van der Waals surface area contributed by atoms with Crippen molar-refractivity contribution in [2.75, 3.05) is 12.3 Å². The summed E-state index contributed by atoms with van der Waals surface area (Å²) in [4.78, 5) is 0. The highest BCUT2D eigenvalue weighted by molar-refractivity contribution is 5.62. The van der Waals surface area contributed by atoms with Crippen LogP contribution in [0.3, 0.4) is 0 Å². The number of rotatable bonds is 3. The van der Waals surface area contributed by atoms with E-state index in [2.05, 4.69) is 22.3 Å². The molecule has 3 rings (SSSR count). The summed E-state index contributed by atoms with van der Waals surface area (Å²) in [5.41, 5.74) is 8.80. The van der Waals surface area contributed by atoms with E-state index in [0.717, 1.165) is 24.1 Å². The van der Waals surface area contributed by atoms with Gasteiger partial charge < -0.3 is 10.8 Å². The van der Waals surface area contributed by atoms with Gasteiger partial charge in [-0.2, -0.15) is 5.10 Å². The average Bonchev–Trinajstić information content (AvgIpc) is 3.06. The number of aromatic nitrogens is 2. The van der Waals surface area contributed by atoms with E-state index >= 15 is 0 Å². The van der Waals surface area contributed by atoms with Gasteiger partial charge in [-0.3, -0.25) is 5.10 Å². The molecular formula is C13H15N3O. The standard InChI is InChI=1S/C13H15N3O/c14-12-7-11(15-16-12)9-1-3-10(4-2-9)13(8-17)5-6-13/h1-4,7,17H,5-6,8H2,(H3,14,15,16). The molecule has 4 nitrogen and oxygen atoms in total. The van der Waals surface area contributed by atoms with Gasteiger partial charge in [-0.15, -0.1) is 0 Å². The minimum atomic E-state index is 0.0333. The Balaban J connectivity index is 1.90. The molecule has 1 aliphatic carbocycles. The Morgan fingerprint density at radius 1 is 1.29 bits per heavy atom. The maximum atomic E-state index is 9.37. The molecule has 1 aliphatic rings. The number of H-pyrrole nitrogens is 1. The Kier molecular flexibility index (Phi) is 2.19. The molecule has 0 aliphatic heterocycles. The molecule has 0 atom stereocenters. The highest BCUT2D eigenvalue weighted by atomic mass is 16.3. The molecule has 88 valence electrons. The molecule has 0 amide bonds. The molecular weight excluding hydrogens is 214 g/mol. The molecule has 0 saturated heterocycles. The van der Waals surface area contributed by atoms with E-state index in [1.807, 2.05) is 18.2 Å². The number of hydrogen-bond donors (Lipinski definition) is 3. The molecule has 17 heavy (non-hydrogen) atoms. The van der Waals surface area contributed by atoms with E-state index in [1.54, 1.807) is 0 Å². The molecule has 0 bridgehead atoms. The predicted molar refractivity (Wildman–Crippen MR) is 66.4 cm³/mol. The minimum absolute atomic E-state index is 0.0333. The van der Waals surface area contributed by atoms with Crippen LogP contribution in [0.15, 0.2) is 30.3 Å². The summed E-state index contributed by atoms with van der Waals surface area (Å²) in [6, 6.07) is 10.1. The molecule has 1 aromatic heterocycles. The molecule has 2 aromatic rings. The van der Waals surface area contributed by atoms with Crippen molar-refractivity contribution in [3.63, 3.8) is 0 Å². The number of aliphatic hydroxyl groups is 1. The summed E-state index contributed by atoms with van der Waals surface area (Å²) in [7, 11) is 0. The number of aliphatic hydroxyl groups excluding tert-OH is 1. The van der Waals surface area contributed by atoms with Crippen molar-refractivity contribution in [1.29, 1.82) is 0 Å². The van der Waals surface area contributed by atoms with Gasteiger partial charge in [0.25, 0.3) is 0 Å². The molecule has 0 radical (unpaired) electrons. The number of nitrogens with two attached hydrogens (primary N) is 1. The SMILES string of the molecule is Nc1cc(-c2ccc(C3(CO)CC3)cc2)[nH]n1. The van der Waals surface area contributed by atoms with Crippen molar-refractivity contribution in [2.45, 2.75) is 18.3 Å². The smallest absolute Gasteiger partial charge is 0.145 e. The number of nitrogens with one attached hydrogen (secondary N) is 1. The first-order chi connectivity index (χ1) is 8.23. The zero-order valence-electron chi connectivity index (χ0n) is 9.48. The monoisotopic (exact) mass is 229 g/mol. The third-order valence-corrected chi connectivity index (χ3v) is 3.56. The zero-order valence-corrected chi connectivity index (χ0v) is 9.48. The molecule has 0 unspecified atom stereocenters. The maximum Gasteiger partial charge on any atom is 0.145 e. The summed E-state index contributed by atoms with van der Waals surface area (Å²) in [5, 5.41) is 16.2. The fraction of sp³-hybridized carbons (Fsp3) is 0.308. The molecule has 4 heteroatoms. The van der Waals surface area contributed by atoms with Crippen LogP contribution in [-0.4, -0.2) is 21.9 Å². The number of nitrogen functional groups attached to an aromatic ring is 1. The lowest BCUT2D eigenvalue weighted by atomic mass is 9.95. The van der Waals surface area contributed by atoms with Crippen LogP contribution in [0.1, 0.15) is 18.4 Å². The largest absolute Gasteiger partial charge is 0.395 e. The van der Waals surface area contributed by atoms with Crippen LogP contribution >= 0.6 is 0 Å². The van der Waals surface area contributed by atoms with Gasteiger partial charge in [-0.1, -0.05) is 24.3 Å². The van der Waals surface area contributed by atoms with E-state index in [-0.39, 0.29) is 12.0 Å². The lowest BCUT2D eigenvalue weighted by molar-refractivity contribution is 0.255. The van der Waals surface area contributed by atoms with E-state index in [1.165, 1.54) is 5.56 Å². The second-order valence-corrected chi connectivity index (χ2v) is 4.72. The summed E-state index contributed by atoms with van der Waals surface area (Å²) in [6.45, 7) is 0.239.